The first-order chi connectivity index (χ1) is 13.1. The Bertz CT molecular complexity index is 784. The van der Waals surface area contributed by atoms with E-state index in [9.17, 15) is 14.3 Å². The van der Waals surface area contributed by atoms with Crippen LogP contribution in [-0.4, -0.2) is 51.7 Å². The molecule has 4 rings (SSSR count). The normalized spacial score (nSPS) is 21.7. The van der Waals surface area contributed by atoms with Gasteiger partial charge in [0.25, 0.3) is 5.91 Å². The number of piperidine rings is 1. The van der Waals surface area contributed by atoms with E-state index in [1.54, 1.807) is 23.1 Å². The lowest BCUT2D eigenvalue weighted by atomic mass is 10.0. The SMILES string of the molecule is O=C(c1cc(CN2CCC(O)CC2)on1)N1CCC[C@@H]1c1ccc(F)cc1. The summed E-state index contributed by atoms with van der Waals surface area (Å²) in [6.07, 6.45) is 3.07. The van der Waals surface area contributed by atoms with Crippen LogP contribution in [0.2, 0.25) is 0 Å². The van der Waals surface area contributed by atoms with E-state index in [2.05, 4.69) is 10.1 Å². The van der Waals surface area contributed by atoms with Gasteiger partial charge in [0.1, 0.15) is 5.82 Å². The highest BCUT2D eigenvalue weighted by Crippen LogP contribution is 2.33. The first-order valence-corrected chi connectivity index (χ1v) is 9.52. The van der Waals surface area contributed by atoms with Crippen LogP contribution in [0.5, 0.6) is 0 Å². The number of aromatic nitrogens is 1. The van der Waals surface area contributed by atoms with Crippen LogP contribution in [0.3, 0.4) is 0 Å². The van der Waals surface area contributed by atoms with E-state index in [1.807, 2.05) is 0 Å². The number of nitrogens with zero attached hydrogens (tertiary/aromatic N) is 3. The molecule has 0 unspecified atom stereocenters. The molecule has 1 atom stereocenters. The van der Waals surface area contributed by atoms with Gasteiger partial charge in [-0.25, -0.2) is 4.39 Å². The molecule has 0 spiro atoms. The monoisotopic (exact) mass is 373 g/mol. The van der Waals surface area contributed by atoms with Gasteiger partial charge in [-0.2, -0.15) is 0 Å². The predicted octanol–water partition coefficient (Wildman–Crippen LogP) is 2.75. The molecule has 27 heavy (non-hydrogen) atoms. The summed E-state index contributed by atoms with van der Waals surface area (Å²) in [6, 6.07) is 8.00. The summed E-state index contributed by atoms with van der Waals surface area (Å²) in [6.45, 7) is 2.87. The highest BCUT2D eigenvalue weighted by atomic mass is 19.1. The predicted molar refractivity (Wildman–Crippen MR) is 96.4 cm³/mol. The number of carbonyl (C=O) groups is 1. The van der Waals surface area contributed by atoms with Gasteiger partial charge in [-0.1, -0.05) is 17.3 Å². The second-order valence-corrected chi connectivity index (χ2v) is 7.39. The Labute approximate surface area is 157 Å². The molecule has 2 aliphatic rings. The number of hydrogen-bond acceptors (Lipinski definition) is 5. The number of aliphatic hydroxyl groups excluding tert-OH is 1. The van der Waals surface area contributed by atoms with E-state index in [-0.39, 0.29) is 23.9 Å². The molecule has 1 amide bonds. The molecule has 1 aromatic carbocycles. The van der Waals surface area contributed by atoms with Crippen molar-refractivity contribution in [3.05, 3.63) is 53.2 Å². The Morgan fingerprint density at radius 3 is 2.67 bits per heavy atom. The molecular weight excluding hydrogens is 349 g/mol. The molecule has 1 N–H and O–H groups in total. The van der Waals surface area contributed by atoms with E-state index in [1.165, 1.54) is 12.1 Å². The van der Waals surface area contributed by atoms with Crippen LogP contribution < -0.4 is 0 Å². The lowest BCUT2D eigenvalue weighted by Crippen LogP contribution is -2.35. The van der Waals surface area contributed by atoms with Gasteiger partial charge in [-0.05, 0) is 43.4 Å². The number of rotatable bonds is 4. The standard InChI is InChI=1S/C20H24FN3O3/c21-15-5-3-14(4-6-15)19-2-1-9-24(19)20(26)18-12-17(27-22-18)13-23-10-7-16(25)8-11-23/h3-6,12,16,19,25H,1-2,7-11,13H2/t19-/m1/s1. The summed E-state index contributed by atoms with van der Waals surface area (Å²) < 4.78 is 18.6. The minimum atomic E-state index is -0.277. The van der Waals surface area contributed by atoms with Crippen molar-refractivity contribution in [1.82, 2.24) is 15.0 Å². The lowest BCUT2D eigenvalue weighted by molar-refractivity contribution is 0.0718. The number of hydrogen-bond donors (Lipinski definition) is 1. The second kappa shape index (κ2) is 7.78. The molecular formula is C20H24FN3O3. The molecule has 0 radical (unpaired) electrons. The molecule has 2 saturated heterocycles. The van der Waals surface area contributed by atoms with Crippen molar-refractivity contribution in [2.45, 2.75) is 44.4 Å². The molecule has 144 valence electrons. The van der Waals surface area contributed by atoms with Crippen molar-refractivity contribution in [3.63, 3.8) is 0 Å². The second-order valence-electron chi connectivity index (χ2n) is 7.39. The van der Waals surface area contributed by atoms with Gasteiger partial charge < -0.3 is 14.5 Å². The average molecular weight is 373 g/mol. The molecule has 2 aromatic rings. The third kappa shape index (κ3) is 4.04. The van der Waals surface area contributed by atoms with E-state index in [4.69, 9.17) is 4.52 Å². The molecule has 3 heterocycles. The van der Waals surface area contributed by atoms with Crippen molar-refractivity contribution in [1.29, 1.82) is 0 Å². The van der Waals surface area contributed by atoms with Gasteiger partial charge in [0, 0.05) is 25.7 Å². The van der Waals surface area contributed by atoms with E-state index < -0.39 is 0 Å². The van der Waals surface area contributed by atoms with Crippen molar-refractivity contribution < 1.29 is 18.8 Å². The number of amides is 1. The van der Waals surface area contributed by atoms with Crippen molar-refractivity contribution in [3.8, 4) is 0 Å². The summed E-state index contributed by atoms with van der Waals surface area (Å²) in [7, 11) is 0. The van der Waals surface area contributed by atoms with Crippen molar-refractivity contribution in [2.75, 3.05) is 19.6 Å². The molecule has 6 nitrogen and oxygen atoms in total. The molecule has 2 fully saturated rings. The number of halogens is 1. The number of benzene rings is 1. The van der Waals surface area contributed by atoms with Crippen LogP contribution in [-0.2, 0) is 6.54 Å². The van der Waals surface area contributed by atoms with Gasteiger partial charge in [0.2, 0.25) is 0 Å². The quantitative estimate of drug-likeness (QED) is 0.892. The number of aliphatic hydroxyl groups is 1. The first kappa shape index (κ1) is 18.1. The Hall–Kier alpha value is -2.25. The summed E-state index contributed by atoms with van der Waals surface area (Å²) in [5, 5.41) is 13.6. The Morgan fingerprint density at radius 1 is 1.19 bits per heavy atom. The third-order valence-electron chi connectivity index (χ3n) is 5.48. The fourth-order valence-corrected chi connectivity index (χ4v) is 3.97. The summed E-state index contributed by atoms with van der Waals surface area (Å²) in [5.74, 6) is 0.235. The third-order valence-corrected chi connectivity index (χ3v) is 5.48. The fourth-order valence-electron chi connectivity index (χ4n) is 3.97. The van der Waals surface area contributed by atoms with Crippen molar-refractivity contribution >= 4 is 5.91 Å². The highest BCUT2D eigenvalue weighted by Gasteiger charge is 2.32. The molecule has 7 heteroatoms. The first-order valence-electron chi connectivity index (χ1n) is 9.52. The topological polar surface area (TPSA) is 69.8 Å². The van der Waals surface area contributed by atoms with Crippen LogP contribution >= 0.6 is 0 Å². The van der Waals surface area contributed by atoms with Crippen LogP contribution in [0.15, 0.2) is 34.9 Å². The minimum absolute atomic E-state index is 0.0539. The van der Waals surface area contributed by atoms with Gasteiger partial charge in [-0.15, -0.1) is 0 Å². The van der Waals surface area contributed by atoms with Crippen LogP contribution in [0.25, 0.3) is 0 Å². The maximum absolute atomic E-state index is 13.2. The van der Waals surface area contributed by atoms with E-state index in [0.717, 1.165) is 44.3 Å². The van der Waals surface area contributed by atoms with Crippen LogP contribution in [0.1, 0.15) is 53.5 Å². The number of carbonyl (C=O) groups excluding carboxylic acids is 1. The Balaban J connectivity index is 1.43. The molecule has 1 aromatic heterocycles. The van der Waals surface area contributed by atoms with Gasteiger partial charge in [0.15, 0.2) is 11.5 Å². The molecule has 0 aliphatic carbocycles. The molecule has 2 aliphatic heterocycles. The maximum atomic E-state index is 13.2. The minimum Gasteiger partial charge on any atom is -0.393 e. The Kier molecular flexibility index (Phi) is 5.22. The lowest BCUT2D eigenvalue weighted by Gasteiger charge is -2.28. The summed E-state index contributed by atoms with van der Waals surface area (Å²) >= 11 is 0. The van der Waals surface area contributed by atoms with E-state index >= 15 is 0 Å². The average Bonchev–Trinajstić information content (AvgIpc) is 3.33. The van der Waals surface area contributed by atoms with Crippen LogP contribution in [0.4, 0.5) is 4.39 Å². The molecule has 0 bridgehead atoms. The largest absolute Gasteiger partial charge is 0.393 e. The van der Waals surface area contributed by atoms with Gasteiger partial charge in [-0.3, -0.25) is 9.69 Å². The van der Waals surface area contributed by atoms with Gasteiger partial charge >= 0.3 is 0 Å². The zero-order valence-electron chi connectivity index (χ0n) is 15.2. The molecule has 0 saturated carbocycles. The fraction of sp³-hybridized carbons (Fsp3) is 0.500. The van der Waals surface area contributed by atoms with Crippen molar-refractivity contribution in [2.24, 2.45) is 0 Å². The Morgan fingerprint density at radius 2 is 1.93 bits per heavy atom. The summed E-state index contributed by atoms with van der Waals surface area (Å²) in [4.78, 5) is 16.9. The smallest absolute Gasteiger partial charge is 0.276 e. The van der Waals surface area contributed by atoms with E-state index in [0.29, 0.717) is 24.5 Å². The zero-order chi connectivity index (χ0) is 18.8. The number of likely N-dealkylation sites (tertiary alicyclic amines) is 2. The maximum Gasteiger partial charge on any atom is 0.276 e. The van der Waals surface area contributed by atoms with Gasteiger partial charge in [0.05, 0.1) is 18.7 Å². The highest BCUT2D eigenvalue weighted by molar-refractivity contribution is 5.92. The summed E-state index contributed by atoms with van der Waals surface area (Å²) in [5.41, 5.74) is 1.26. The zero-order valence-corrected chi connectivity index (χ0v) is 15.2. The van der Waals surface area contributed by atoms with Crippen LogP contribution in [0, 0.1) is 5.82 Å².